The van der Waals surface area contributed by atoms with E-state index in [1.165, 1.54) is 12.1 Å². The van der Waals surface area contributed by atoms with Gasteiger partial charge in [-0.05, 0) is 32.0 Å². The number of nitrogens with one attached hydrogen (secondary N) is 3. The normalized spacial score (nSPS) is 11.4. The van der Waals surface area contributed by atoms with Crippen LogP contribution in [0.1, 0.15) is 40.3 Å². The van der Waals surface area contributed by atoms with E-state index in [2.05, 4.69) is 20.8 Å². The van der Waals surface area contributed by atoms with Gasteiger partial charge in [-0.3, -0.25) is 14.7 Å². The number of carbonyl (C=O) groups excluding carboxylic acids is 2. The number of hydrogen-bond acceptors (Lipinski definition) is 4. The summed E-state index contributed by atoms with van der Waals surface area (Å²) in [4.78, 5) is 25.1. The number of benzene rings is 2. The van der Waals surface area contributed by atoms with Crippen molar-refractivity contribution in [3.05, 3.63) is 83.4 Å². The van der Waals surface area contributed by atoms with Crippen molar-refractivity contribution in [1.29, 1.82) is 0 Å². The average Bonchev–Trinajstić information content (AvgIpc) is 3.30. The molecule has 2 heterocycles. The van der Waals surface area contributed by atoms with Gasteiger partial charge in [-0.25, -0.2) is 4.39 Å². The number of carbonyl (C=O) groups is 2. The maximum Gasteiger partial charge on any atom is 0.287 e. The lowest BCUT2D eigenvalue weighted by atomic mass is 9.93. The molecule has 0 unspecified atom stereocenters. The molecule has 0 saturated heterocycles. The van der Waals surface area contributed by atoms with Gasteiger partial charge in [0.25, 0.3) is 11.8 Å². The summed E-state index contributed by atoms with van der Waals surface area (Å²) < 4.78 is 19.8. The van der Waals surface area contributed by atoms with Crippen LogP contribution in [0.2, 0.25) is 0 Å². The Bertz CT molecular complexity index is 1230. The van der Waals surface area contributed by atoms with Crippen molar-refractivity contribution in [3.8, 4) is 0 Å². The van der Waals surface area contributed by atoms with Crippen LogP contribution >= 0.6 is 0 Å². The van der Waals surface area contributed by atoms with Gasteiger partial charge in [-0.2, -0.15) is 5.10 Å². The standard InChI is InChI=1S/C22H19FN4O3/c1-22(2,14-10-6-7-11-15(14)23)25-21(29)17-12-16-18(30-17)19(27-26-16)24-20(28)13-8-4-3-5-9-13/h3-12H,1-2H3,(H,25,29)(H2,24,26,27,28). The number of H-pyrrole nitrogens is 1. The Morgan fingerprint density at radius 3 is 2.47 bits per heavy atom. The molecule has 7 nitrogen and oxygen atoms in total. The lowest BCUT2D eigenvalue weighted by Gasteiger charge is -2.26. The van der Waals surface area contributed by atoms with E-state index in [1.807, 2.05) is 6.07 Å². The Morgan fingerprint density at radius 1 is 1.03 bits per heavy atom. The summed E-state index contributed by atoms with van der Waals surface area (Å²) in [5.41, 5.74) is 0.545. The first-order valence-electron chi connectivity index (χ1n) is 9.27. The van der Waals surface area contributed by atoms with E-state index < -0.39 is 17.3 Å². The number of anilines is 1. The van der Waals surface area contributed by atoms with E-state index in [4.69, 9.17) is 4.42 Å². The van der Waals surface area contributed by atoms with Gasteiger partial charge in [-0.1, -0.05) is 36.4 Å². The summed E-state index contributed by atoms with van der Waals surface area (Å²) in [6.45, 7) is 3.40. The number of hydrogen-bond donors (Lipinski definition) is 3. The largest absolute Gasteiger partial charge is 0.445 e. The van der Waals surface area contributed by atoms with E-state index in [0.29, 0.717) is 16.6 Å². The van der Waals surface area contributed by atoms with Gasteiger partial charge in [0.15, 0.2) is 17.2 Å². The second-order valence-electron chi connectivity index (χ2n) is 7.30. The third kappa shape index (κ3) is 3.67. The molecule has 0 fully saturated rings. The molecule has 2 aromatic carbocycles. The molecule has 0 spiro atoms. The van der Waals surface area contributed by atoms with Crippen LogP contribution in [0, 0.1) is 5.82 Å². The van der Waals surface area contributed by atoms with Gasteiger partial charge in [0.2, 0.25) is 0 Å². The lowest BCUT2D eigenvalue weighted by Crippen LogP contribution is -2.41. The minimum absolute atomic E-state index is 0.0123. The fourth-order valence-electron chi connectivity index (χ4n) is 3.16. The first-order chi connectivity index (χ1) is 14.3. The van der Waals surface area contributed by atoms with Gasteiger partial charge < -0.3 is 15.1 Å². The van der Waals surface area contributed by atoms with E-state index in [-0.39, 0.29) is 23.1 Å². The van der Waals surface area contributed by atoms with Crippen molar-refractivity contribution in [2.24, 2.45) is 0 Å². The maximum atomic E-state index is 14.1. The lowest BCUT2D eigenvalue weighted by molar-refractivity contribution is 0.0884. The molecular formula is C22H19FN4O3. The number of rotatable bonds is 5. The number of aromatic nitrogens is 2. The second kappa shape index (κ2) is 7.47. The molecule has 30 heavy (non-hydrogen) atoms. The SMILES string of the molecule is CC(C)(NC(=O)c1cc2[nH]nc(NC(=O)c3ccccc3)c2o1)c1ccccc1F. The number of halogens is 1. The van der Waals surface area contributed by atoms with Gasteiger partial charge in [0, 0.05) is 17.2 Å². The van der Waals surface area contributed by atoms with Crippen LogP contribution < -0.4 is 10.6 Å². The molecule has 2 amide bonds. The molecule has 4 rings (SSSR count). The highest BCUT2D eigenvalue weighted by molar-refractivity contribution is 6.07. The molecular weight excluding hydrogens is 387 g/mol. The first kappa shape index (κ1) is 19.4. The van der Waals surface area contributed by atoms with Gasteiger partial charge in [0.05, 0.1) is 5.54 Å². The zero-order valence-corrected chi connectivity index (χ0v) is 16.3. The number of aromatic amines is 1. The van der Waals surface area contributed by atoms with Crippen molar-refractivity contribution in [2.45, 2.75) is 19.4 Å². The summed E-state index contributed by atoms with van der Waals surface area (Å²) >= 11 is 0. The van der Waals surface area contributed by atoms with Crippen molar-refractivity contribution < 1.29 is 18.4 Å². The topological polar surface area (TPSA) is 100 Å². The van der Waals surface area contributed by atoms with Crippen molar-refractivity contribution >= 4 is 28.7 Å². The minimum Gasteiger partial charge on any atom is -0.445 e. The van der Waals surface area contributed by atoms with Gasteiger partial charge in [0.1, 0.15) is 11.3 Å². The molecule has 0 aliphatic heterocycles. The van der Waals surface area contributed by atoms with Gasteiger partial charge >= 0.3 is 0 Å². The monoisotopic (exact) mass is 406 g/mol. The molecule has 0 bridgehead atoms. The Kier molecular flexibility index (Phi) is 4.83. The molecule has 4 aromatic rings. The zero-order valence-electron chi connectivity index (χ0n) is 16.3. The molecule has 0 aliphatic carbocycles. The highest BCUT2D eigenvalue weighted by Gasteiger charge is 2.28. The van der Waals surface area contributed by atoms with E-state index in [9.17, 15) is 14.0 Å². The Balaban J connectivity index is 1.55. The van der Waals surface area contributed by atoms with Crippen molar-refractivity contribution in [1.82, 2.24) is 15.5 Å². The number of amides is 2. The van der Waals surface area contributed by atoms with Crippen LogP contribution in [-0.4, -0.2) is 22.0 Å². The zero-order chi connectivity index (χ0) is 21.3. The molecule has 152 valence electrons. The summed E-state index contributed by atoms with van der Waals surface area (Å²) in [6.07, 6.45) is 0. The van der Waals surface area contributed by atoms with Gasteiger partial charge in [-0.15, -0.1) is 0 Å². The second-order valence-corrected chi connectivity index (χ2v) is 7.30. The quantitative estimate of drug-likeness (QED) is 0.462. The Hall–Kier alpha value is -3.94. The van der Waals surface area contributed by atoms with E-state index in [1.54, 1.807) is 56.3 Å². The number of furan rings is 1. The van der Waals surface area contributed by atoms with Crippen LogP contribution in [0.3, 0.4) is 0 Å². The number of nitrogens with zero attached hydrogens (tertiary/aromatic N) is 1. The molecule has 0 aliphatic rings. The summed E-state index contributed by atoms with van der Waals surface area (Å²) in [6, 6.07) is 16.4. The highest BCUT2D eigenvalue weighted by atomic mass is 19.1. The summed E-state index contributed by atoms with van der Waals surface area (Å²) in [7, 11) is 0. The van der Waals surface area contributed by atoms with Crippen molar-refractivity contribution in [3.63, 3.8) is 0 Å². The van der Waals surface area contributed by atoms with Crippen LogP contribution in [0.25, 0.3) is 11.1 Å². The van der Waals surface area contributed by atoms with Crippen LogP contribution in [0.5, 0.6) is 0 Å². The molecule has 8 heteroatoms. The number of fused-ring (bicyclic) bond motifs is 1. The summed E-state index contributed by atoms with van der Waals surface area (Å²) in [5, 5.41) is 12.2. The first-order valence-corrected chi connectivity index (χ1v) is 9.27. The summed E-state index contributed by atoms with van der Waals surface area (Å²) in [5.74, 6) is -1.10. The van der Waals surface area contributed by atoms with E-state index >= 15 is 0 Å². The molecule has 0 radical (unpaired) electrons. The molecule has 2 aromatic heterocycles. The van der Waals surface area contributed by atoms with Crippen molar-refractivity contribution in [2.75, 3.05) is 5.32 Å². The third-order valence-electron chi connectivity index (χ3n) is 4.70. The van der Waals surface area contributed by atoms with Crippen LogP contribution in [0.15, 0.2) is 65.1 Å². The Labute approximate surface area is 171 Å². The molecule has 0 saturated carbocycles. The average molecular weight is 406 g/mol. The smallest absolute Gasteiger partial charge is 0.287 e. The predicted octanol–water partition coefficient (Wildman–Crippen LogP) is 4.21. The van der Waals surface area contributed by atoms with E-state index in [0.717, 1.165) is 0 Å². The molecule has 3 N–H and O–H groups in total. The minimum atomic E-state index is -0.967. The fourth-order valence-corrected chi connectivity index (χ4v) is 3.16. The third-order valence-corrected chi connectivity index (χ3v) is 4.70. The Morgan fingerprint density at radius 2 is 1.73 bits per heavy atom. The highest BCUT2D eigenvalue weighted by Crippen LogP contribution is 2.27. The van der Waals surface area contributed by atoms with Crippen LogP contribution in [-0.2, 0) is 5.54 Å². The molecule has 0 atom stereocenters. The maximum absolute atomic E-state index is 14.1. The fraction of sp³-hybridized carbons (Fsp3) is 0.136. The van der Waals surface area contributed by atoms with Crippen LogP contribution in [0.4, 0.5) is 10.2 Å². The predicted molar refractivity (Wildman–Crippen MR) is 110 cm³/mol.